The third-order valence-corrected chi connectivity index (χ3v) is 9.97. The molecule has 0 spiro atoms. The number of ether oxygens (including phenoxy) is 3. The minimum absolute atomic E-state index is 0.00439. The lowest BCUT2D eigenvalue weighted by Gasteiger charge is -2.31. The molecular formula is C39H49N4O7+. The minimum atomic E-state index is -0.949. The van der Waals surface area contributed by atoms with E-state index in [9.17, 15) is 19.5 Å². The Kier molecular flexibility index (Phi) is 10.4. The molecule has 2 amide bonds. The first kappa shape index (κ1) is 35.2. The van der Waals surface area contributed by atoms with E-state index in [2.05, 4.69) is 40.2 Å². The van der Waals surface area contributed by atoms with Gasteiger partial charge in [-0.25, -0.2) is 0 Å². The van der Waals surface area contributed by atoms with E-state index in [0.717, 1.165) is 51.9 Å². The maximum atomic E-state index is 14.4. The molecule has 0 aromatic heterocycles. The number of carboxylic acid groups (broad SMARTS) is 1. The highest BCUT2D eigenvalue weighted by Gasteiger charge is 2.48. The number of carboxylic acids is 1. The Morgan fingerprint density at radius 1 is 1.06 bits per heavy atom. The van der Waals surface area contributed by atoms with E-state index in [-0.39, 0.29) is 25.2 Å². The first-order valence-electron chi connectivity index (χ1n) is 17.5. The van der Waals surface area contributed by atoms with Crippen LogP contribution in [0.3, 0.4) is 0 Å². The number of carbonyl (C=O) groups is 3. The monoisotopic (exact) mass is 685 g/mol. The highest BCUT2D eigenvalue weighted by Crippen LogP contribution is 2.47. The van der Waals surface area contributed by atoms with Crippen molar-refractivity contribution in [1.82, 2.24) is 4.90 Å². The Morgan fingerprint density at radius 3 is 2.60 bits per heavy atom. The van der Waals surface area contributed by atoms with Crippen molar-refractivity contribution in [2.45, 2.75) is 51.1 Å². The molecule has 0 radical (unpaired) electrons. The smallest absolute Gasteiger partial charge is 0.308 e. The Bertz CT molecular complexity index is 1740. The third kappa shape index (κ3) is 7.44. The molecular weight excluding hydrogens is 636 g/mol. The number of likely N-dealkylation sites (tertiary alicyclic amines) is 1. The average molecular weight is 686 g/mol. The van der Waals surface area contributed by atoms with Gasteiger partial charge in [0.15, 0.2) is 11.5 Å². The molecule has 0 bridgehead atoms. The molecule has 3 aromatic rings. The number of hydrogen-bond donors (Lipinski definition) is 1. The van der Waals surface area contributed by atoms with Gasteiger partial charge in [-0.05, 0) is 54.3 Å². The molecule has 1 N–H and O–H groups in total. The summed E-state index contributed by atoms with van der Waals surface area (Å²) >= 11 is 0. The summed E-state index contributed by atoms with van der Waals surface area (Å²) in [4.78, 5) is 46.4. The third-order valence-electron chi connectivity index (χ3n) is 9.97. The molecule has 50 heavy (non-hydrogen) atoms. The fourth-order valence-corrected chi connectivity index (χ4v) is 7.72. The molecule has 3 aromatic carbocycles. The van der Waals surface area contributed by atoms with Crippen molar-refractivity contribution in [2.75, 3.05) is 71.0 Å². The summed E-state index contributed by atoms with van der Waals surface area (Å²) in [7, 11) is 7.96. The first-order chi connectivity index (χ1) is 24.0. The maximum absolute atomic E-state index is 14.4. The lowest BCUT2D eigenvalue weighted by atomic mass is 9.84. The molecule has 0 saturated carbocycles. The summed E-state index contributed by atoms with van der Waals surface area (Å²) in [5, 5.41) is 10.8. The molecule has 6 rings (SSSR count). The molecule has 11 nitrogen and oxygen atoms in total. The lowest BCUT2D eigenvalue weighted by molar-refractivity contribution is -0.884. The van der Waals surface area contributed by atoms with Gasteiger partial charge in [-0.1, -0.05) is 43.7 Å². The highest BCUT2D eigenvalue weighted by atomic mass is 16.7. The zero-order valence-electron chi connectivity index (χ0n) is 29.8. The van der Waals surface area contributed by atoms with Crippen LogP contribution in [0.4, 0.5) is 11.4 Å². The van der Waals surface area contributed by atoms with E-state index in [1.807, 2.05) is 58.3 Å². The number of nitrogens with zero attached hydrogens (tertiary/aromatic N) is 4. The fourth-order valence-electron chi connectivity index (χ4n) is 7.72. The number of methoxy groups -OCH3 is 1. The normalized spacial score (nSPS) is 19.9. The van der Waals surface area contributed by atoms with E-state index < -0.39 is 23.8 Å². The minimum Gasteiger partial charge on any atom is -0.493 e. The summed E-state index contributed by atoms with van der Waals surface area (Å²) in [5.41, 5.74) is 4.56. The predicted molar refractivity (Wildman–Crippen MR) is 191 cm³/mol. The van der Waals surface area contributed by atoms with Crippen molar-refractivity contribution in [3.63, 3.8) is 0 Å². The number of carbonyl (C=O) groups excluding carboxylic acids is 2. The zero-order chi connectivity index (χ0) is 35.6. The number of amides is 2. The van der Waals surface area contributed by atoms with Gasteiger partial charge < -0.3 is 33.6 Å². The summed E-state index contributed by atoms with van der Waals surface area (Å²) in [6.07, 6.45) is 2.47. The fraction of sp³-hybridized carbons (Fsp3) is 0.462. The van der Waals surface area contributed by atoms with Crippen LogP contribution in [0, 0.1) is 5.92 Å². The van der Waals surface area contributed by atoms with Gasteiger partial charge in [0.05, 0.1) is 47.1 Å². The summed E-state index contributed by atoms with van der Waals surface area (Å²) in [6.45, 7) is 4.26. The van der Waals surface area contributed by atoms with Crippen molar-refractivity contribution < 1.29 is 38.2 Å². The summed E-state index contributed by atoms with van der Waals surface area (Å²) in [5.74, 6) is -0.871. The van der Waals surface area contributed by atoms with Gasteiger partial charge in [-0.3, -0.25) is 19.3 Å². The number of anilines is 2. The van der Waals surface area contributed by atoms with Crippen LogP contribution in [0.5, 0.6) is 17.2 Å². The van der Waals surface area contributed by atoms with Crippen LogP contribution in [0.15, 0.2) is 60.7 Å². The van der Waals surface area contributed by atoms with Crippen LogP contribution >= 0.6 is 0 Å². The predicted octanol–water partition coefficient (Wildman–Crippen LogP) is 4.91. The SMILES string of the molecule is CCCCN(C(=O)CN1C[C@H](c2cc(OC)c3c(c2)OCO3)[C@@H](C(=O)O)[C@@H]1CCN1C(=O)Cc2ccccc21)c1cccc(C[N+](C)(C)C)c1. The van der Waals surface area contributed by atoms with Crippen LogP contribution in [0.2, 0.25) is 0 Å². The number of fused-ring (bicyclic) bond motifs is 2. The zero-order valence-corrected chi connectivity index (χ0v) is 29.8. The van der Waals surface area contributed by atoms with Crippen LogP contribution in [0.25, 0.3) is 0 Å². The standard InChI is InChI=1S/C39H48N4O7/c1-6-7-16-41(29-13-10-11-26(18-29)24-43(2,3)4)36(45)23-40-22-30(28-19-33(48-5)38-34(20-28)49-25-50-38)37(39(46)47)32(40)15-17-42-31-14-9-8-12-27(31)21-35(42)44/h8-14,18-20,30,32,37H,6-7,15-17,21-25H2,1-5H3/p+1/t30-,32+,37-/m1/s1. The van der Waals surface area contributed by atoms with E-state index >= 15 is 0 Å². The van der Waals surface area contributed by atoms with E-state index in [4.69, 9.17) is 14.2 Å². The highest BCUT2D eigenvalue weighted by molar-refractivity contribution is 6.01. The molecule has 1 saturated heterocycles. The Labute approximate surface area is 294 Å². The number of aliphatic carboxylic acids is 1. The van der Waals surface area contributed by atoms with Crippen molar-refractivity contribution in [1.29, 1.82) is 0 Å². The number of para-hydroxylation sites is 1. The van der Waals surface area contributed by atoms with Gasteiger partial charge in [-0.15, -0.1) is 0 Å². The van der Waals surface area contributed by atoms with Gasteiger partial charge in [0.25, 0.3) is 0 Å². The number of hydrogen-bond acceptors (Lipinski definition) is 7. The van der Waals surface area contributed by atoms with Gasteiger partial charge in [0, 0.05) is 48.5 Å². The largest absolute Gasteiger partial charge is 0.493 e. The van der Waals surface area contributed by atoms with Crippen LogP contribution < -0.4 is 24.0 Å². The van der Waals surface area contributed by atoms with Crippen LogP contribution in [-0.4, -0.2) is 99.5 Å². The Balaban J connectivity index is 1.33. The van der Waals surface area contributed by atoms with Crippen molar-refractivity contribution in [3.8, 4) is 17.2 Å². The second kappa shape index (κ2) is 14.7. The molecule has 3 aliphatic heterocycles. The number of quaternary nitrogens is 1. The Morgan fingerprint density at radius 2 is 1.86 bits per heavy atom. The summed E-state index contributed by atoms with van der Waals surface area (Å²) in [6, 6.07) is 19.0. The van der Waals surface area contributed by atoms with Crippen molar-refractivity contribution in [3.05, 3.63) is 77.4 Å². The molecule has 1 fully saturated rings. The second-order valence-corrected chi connectivity index (χ2v) is 14.6. The first-order valence-corrected chi connectivity index (χ1v) is 17.5. The Hall–Kier alpha value is -4.61. The number of unbranched alkanes of at least 4 members (excludes halogenated alkanes) is 1. The quantitative estimate of drug-likeness (QED) is 0.239. The molecule has 266 valence electrons. The van der Waals surface area contributed by atoms with E-state index in [1.54, 1.807) is 12.0 Å². The van der Waals surface area contributed by atoms with Crippen LogP contribution in [0.1, 0.15) is 48.8 Å². The molecule has 11 heteroatoms. The van der Waals surface area contributed by atoms with Crippen molar-refractivity contribution >= 4 is 29.2 Å². The summed E-state index contributed by atoms with van der Waals surface area (Å²) < 4.78 is 17.7. The maximum Gasteiger partial charge on any atom is 0.308 e. The van der Waals surface area contributed by atoms with Gasteiger partial charge in [0.2, 0.25) is 24.4 Å². The number of rotatable bonds is 14. The molecule has 0 aliphatic carbocycles. The van der Waals surface area contributed by atoms with E-state index in [0.29, 0.717) is 49.7 Å². The van der Waals surface area contributed by atoms with E-state index in [1.165, 1.54) is 0 Å². The molecule has 3 atom stereocenters. The molecule has 0 unspecified atom stereocenters. The van der Waals surface area contributed by atoms with Crippen molar-refractivity contribution in [2.24, 2.45) is 5.92 Å². The number of benzene rings is 3. The van der Waals surface area contributed by atoms with Gasteiger partial charge in [0.1, 0.15) is 6.54 Å². The second-order valence-electron chi connectivity index (χ2n) is 14.6. The topological polar surface area (TPSA) is 109 Å². The van der Waals surface area contributed by atoms with Gasteiger partial charge in [-0.2, -0.15) is 0 Å². The molecule has 3 heterocycles. The van der Waals surface area contributed by atoms with Gasteiger partial charge >= 0.3 is 5.97 Å². The lowest BCUT2D eigenvalue weighted by Crippen LogP contribution is -2.46. The molecule has 3 aliphatic rings. The van der Waals surface area contributed by atoms with Crippen LogP contribution in [-0.2, 0) is 27.3 Å². The average Bonchev–Trinajstić information content (AvgIpc) is 3.78.